The molecule has 8 heteroatoms. The highest BCUT2D eigenvalue weighted by molar-refractivity contribution is 7.13. The molecule has 1 amide bonds. The average molecular weight is 470 g/mol. The number of amides is 1. The van der Waals surface area contributed by atoms with Gasteiger partial charge in [0.15, 0.2) is 5.13 Å². The Hall–Kier alpha value is -1.34. The highest BCUT2D eigenvalue weighted by atomic mass is 35.5. The maximum atomic E-state index is 13.4. The van der Waals surface area contributed by atoms with Gasteiger partial charge in [0.25, 0.3) is 0 Å². The van der Waals surface area contributed by atoms with Crippen molar-refractivity contribution in [3.8, 4) is 0 Å². The zero-order valence-electron chi connectivity index (χ0n) is 17.8. The number of piperidine rings is 1. The van der Waals surface area contributed by atoms with E-state index in [1.54, 1.807) is 12.1 Å². The SMILES string of the molecule is CC(C)[C@@H](Nc1nc(CCl)cs1)C(=O)N1CC[C@](O)(c2ccc(Cl)cc2)C(C)(C)C1. The predicted octanol–water partition coefficient (Wildman–Crippen LogP) is 5.12. The zero-order valence-corrected chi connectivity index (χ0v) is 20.1. The topological polar surface area (TPSA) is 65.5 Å². The standard InChI is InChI=1S/C22H29Cl2N3O2S/c1-14(2)18(26-20-25-17(11-23)12-30-20)19(28)27-10-9-22(29,21(3,4)13-27)15-5-7-16(24)8-6-15/h5-8,12,14,18,29H,9-11,13H2,1-4H3,(H,25,26)/t18-,22+/m1/s1. The molecule has 30 heavy (non-hydrogen) atoms. The number of rotatable bonds is 6. The van der Waals surface area contributed by atoms with Crippen LogP contribution in [0.1, 0.15) is 45.4 Å². The Kier molecular flexibility index (Phi) is 7.02. The normalized spacial score (nSPS) is 22.2. The third-order valence-corrected chi connectivity index (χ3v) is 7.33. The summed E-state index contributed by atoms with van der Waals surface area (Å²) in [6.45, 7) is 8.99. The van der Waals surface area contributed by atoms with Gasteiger partial charge in [0.1, 0.15) is 6.04 Å². The fourth-order valence-corrected chi connectivity index (χ4v) is 5.15. The zero-order chi connectivity index (χ0) is 22.1. The number of alkyl halides is 1. The molecular weight excluding hydrogens is 441 g/mol. The van der Waals surface area contributed by atoms with Crippen LogP contribution in [0, 0.1) is 11.3 Å². The molecule has 3 rings (SSSR count). The largest absolute Gasteiger partial charge is 0.384 e. The molecule has 1 aromatic heterocycles. The van der Waals surface area contributed by atoms with E-state index >= 15 is 0 Å². The van der Waals surface area contributed by atoms with Crippen LogP contribution in [0.5, 0.6) is 0 Å². The number of likely N-dealkylation sites (tertiary alicyclic amines) is 1. The van der Waals surface area contributed by atoms with E-state index in [0.717, 1.165) is 11.3 Å². The van der Waals surface area contributed by atoms with Crippen molar-refractivity contribution < 1.29 is 9.90 Å². The Morgan fingerprint density at radius 2 is 2.00 bits per heavy atom. The Morgan fingerprint density at radius 1 is 1.33 bits per heavy atom. The lowest BCUT2D eigenvalue weighted by Gasteiger charge is -2.51. The molecule has 0 unspecified atom stereocenters. The molecule has 0 saturated carbocycles. The maximum absolute atomic E-state index is 13.4. The molecule has 0 radical (unpaired) electrons. The first-order valence-corrected chi connectivity index (χ1v) is 11.9. The van der Waals surface area contributed by atoms with Crippen LogP contribution in [0.3, 0.4) is 0 Å². The predicted molar refractivity (Wildman–Crippen MR) is 124 cm³/mol. The van der Waals surface area contributed by atoms with Crippen LogP contribution in [0.4, 0.5) is 5.13 Å². The lowest BCUT2D eigenvalue weighted by Crippen LogP contribution is -2.59. The number of carbonyl (C=O) groups is 1. The first kappa shape index (κ1) is 23.3. The molecule has 164 valence electrons. The first-order valence-electron chi connectivity index (χ1n) is 10.1. The second-order valence-corrected chi connectivity index (χ2v) is 10.5. The van der Waals surface area contributed by atoms with E-state index in [9.17, 15) is 9.90 Å². The van der Waals surface area contributed by atoms with Gasteiger partial charge in [0.05, 0.1) is 17.2 Å². The van der Waals surface area contributed by atoms with Gasteiger partial charge in [-0.25, -0.2) is 4.98 Å². The van der Waals surface area contributed by atoms with Crippen molar-refractivity contribution in [3.63, 3.8) is 0 Å². The van der Waals surface area contributed by atoms with Crippen LogP contribution in [-0.4, -0.2) is 40.0 Å². The second-order valence-electron chi connectivity index (χ2n) is 8.90. The summed E-state index contributed by atoms with van der Waals surface area (Å²) in [4.78, 5) is 19.7. The number of hydrogen-bond acceptors (Lipinski definition) is 5. The van der Waals surface area contributed by atoms with E-state index < -0.39 is 17.1 Å². The number of anilines is 1. The van der Waals surface area contributed by atoms with E-state index in [-0.39, 0.29) is 11.8 Å². The lowest BCUT2D eigenvalue weighted by molar-refractivity contribution is -0.154. The number of nitrogens with zero attached hydrogens (tertiary/aromatic N) is 2. The summed E-state index contributed by atoms with van der Waals surface area (Å²) in [5, 5.41) is 18.1. The molecule has 2 atom stereocenters. The molecule has 0 bridgehead atoms. The summed E-state index contributed by atoms with van der Waals surface area (Å²) in [7, 11) is 0. The summed E-state index contributed by atoms with van der Waals surface area (Å²) in [6, 6.07) is 6.94. The van der Waals surface area contributed by atoms with Crippen LogP contribution in [-0.2, 0) is 16.3 Å². The molecule has 1 aliphatic rings. The highest BCUT2D eigenvalue weighted by Gasteiger charge is 2.50. The van der Waals surface area contributed by atoms with E-state index in [2.05, 4.69) is 10.3 Å². The van der Waals surface area contributed by atoms with Gasteiger partial charge < -0.3 is 15.3 Å². The van der Waals surface area contributed by atoms with Crippen molar-refractivity contribution in [1.82, 2.24) is 9.88 Å². The molecule has 1 saturated heterocycles. The lowest BCUT2D eigenvalue weighted by atomic mass is 9.66. The Morgan fingerprint density at radius 3 is 2.53 bits per heavy atom. The van der Waals surface area contributed by atoms with Crippen molar-refractivity contribution in [3.05, 3.63) is 45.9 Å². The van der Waals surface area contributed by atoms with Crippen molar-refractivity contribution in [2.45, 2.75) is 51.6 Å². The molecular formula is C22H29Cl2N3O2S. The number of hydrogen-bond donors (Lipinski definition) is 2. The molecule has 2 heterocycles. The summed E-state index contributed by atoms with van der Waals surface area (Å²) >= 11 is 13.3. The fraction of sp³-hybridized carbons (Fsp3) is 0.545. The summed E-state index contributed by atoms with van der Waals surface area (Å²) in [6.07, 6.45) is 0.464. The van der Waals surface area contributed by atoms with Crippen molar-refractivity contribution in [2.24, 2.45) is 11.3 Å². The average Bonchev–Trinajstić information content (AvgIpc) is 3.15. The number of nitrogens with one attached hydrogen (secondary N) is 1. The van der Waals surface area contributed by atoms with Gasteiger partial charge in [-0.15, -0.1) is 22.9 Å². The molecule has 1 aromatic carbocycles. The van der Waals surface area contributed by atoms with Crippen LogP contribution in [0.25, 0.3) is 0 Å². The summed E-state index contributed by atoms with van der Waals surface area (Å²) in [5.74, 6) is 0.460. The van der Waals surface area contributed by atoms with Gasteiger partial charge in [-0.3, -0.25) is 4.79 Å². The molecule has 0 spiro atoms. The number of carbonyl (C=O) groups excluding carboxylic acids is 1. The van der Waals surface area contributed by atoms with E-state index in [0.29, 0.717) is 35.5 Å². The number of benzene rings is 1. The van der Waals surface area contributed by atoms with Crippen LogP contribution in [0.2, 0.25) is 5.02 Å². The van der Waals surface area contributed by atoms with Gasteiger partial charge in [-0.05, 0) is 30.0 Å². The van der Waals surface area contributed by atoms with Gasteiger partial charge in [0.2, 0.25) is 5.91 Å². The van der Waals surface area contributed by atoms with Crippen molar-refractivity contribution >= 4 is 45.6 Å². The second kappa shape index (κ2) is 9.03. The molecule has 0 aliphatic carbocycles. The fourth-order valence-electron chi connectivity index (χ4n) is 4.05. The monoisotopic (exact) mass is 469 g/mol. The number of aliphatic hydroxyl groups is 1. The molecule has 1 fully saturated rings. The number of halogens is 2. The quantitative estimate of drug-likeness (QED) is 0.576. The molecule has 2 N–H and O–H groups in total. The van der Waals surface area contributed by atoms with E-state index in [1.165, 1.54) is 11.3 Å². The van der Waals surface area contributed by atoms with Crippen LogP contribution >= 0.6 is 34.5 Å². The Labute approximate surface area is 192 Å². The molecule has 5 nitrogen and oxygen atoms in total. The van der Waals surface area contributed by atoms with Gasteiger partial charge in [-0.1, -0.05) is 51.4 Å². The molecule has 1 aliphatic heterocycles. The minimum atomic E-state index is -1.03. The Balaban J connectivity index is 1.77. The third-order valence-electron chi connectivity index (χ3n) is 5.98. The van der Waals surface area contributed by atoms with Gasteiger partial charge in [-0.2, -0.15) is 0 Å². The van der Waals surface area contributed by atoms with Crippen molar-refractivity contribution in [2.75, 3.05) is 18.4 Å². The third kappa shape index (κ3) is 4.62. The smallest absolute Gasteiger partial charge is 0.245 e. The van der Waals surface area contributed by atoms with Crippen molar-refractivity contribution in [1.29, 1.82) is 0 Å². The van der Waals surface area contributed by atoms with Gasteiger partial charge in [0, 0.05) is 28.9 Å². The van der Waals surface area contributed by atoms with Crippen LogP contribution in [0.15, 0.2) is 29.6 Å². The number of thiazole rings is 1. The first-order chi connectivity index (χ1) is 14.1. The Bertz CT molecular complexity index is 885. The van der Waals surface area contributed by atoms with Gasteiger partial charge >= 0.3 is 0 Å². The summed E-state index contributed by atoms with van der Waals surface area (Å²) < 4.78 is 0. The number of aromatic nitrogens is 1. The minimum Gasteiger partial charge on any atom is -0.384 e. The maximum Gasteiger partial charge on any atom is 0.245 e. The minimum absolute atomic E-state index is 0.0267. The van der Waals surface area contributed by atoms with E-state index in [4.69, 9.17) is 23.2 Å². The highest BCUT2D eigenvalue weighted by Crippen LogP contribution is 2.46. The summed E-state index contributed by atoms with van der Waals surface area (Å²) in [5.41, 5.74) is 0.0771. The van der Waals surface area contributed by atoms with Crippen LogP contribution < -0.4 is 5.32 Å². The molecule has 2 aromatic rings. The van der Waals surface area contributed by atoms with E-state index in [1.807, 2.05) is 50.1 Å².